The molecule has 0 bridgehead atoms. The van der Waals surface area contributed by atoms with Crippen molar-refractivity contribution >= 4 is 45.8 Å². The highest BCUT2D eigenvalue weighted by molar-refractivity contribution is 8.00. The van der Waals surface area contributed by atoms with Gasteiger partial charge in [-0.15, -0.1) is 11.3 Å². The second-order valence-electron chi connectivity index (χ2n) is 5.76. The first kappa shape index (κ1) is 19.3. The molecule has 2 aromatic heterocycles. The van der Waals surface area contributed by atoms with Crippen molar-refractivity contribution in [1.82, 2.24) is 20.6 Å². The fraction of sp³-hybridized carbons (Fsp3) is 0.263. The summed E-state index contributed by atoms with van der Waals surface area (Å²) in [6.45, 7) is 2.58. The lowest BCUT2D eigenvalue weighted by molar-refractivity contribution is -0.124. The van der Waals surface area contributed by atoms with Gasteiger partial charge in [-0.3, -0.25) is 9.59 Å². The Labute approximate surface area is 165 Å². The van der Waals surface area contributed by atoms with Crippen LogP contribution in [0, 0.1) is 0 Å². The van der Waals surface area contributed by atoms with Crippen LogP contribution in [0.5, 0.6) is 0 Å². The molecule has 0 atom stereocenters. The summed E-state index contributed by atoms with van der Waals surface area (Å²) in [6, 6.07) is 11.7. The Hall–Kier alpha value is -2.45. The zero-order valence-corrected chi connectivity index (χ0v) is 16.5. The van der Waals surface area contributed by atoms with Crippen LogP contribution in [0.4, 0.5) is 0 Å². The number of aromatic nitrogens is 2. The zero-order chi connectivity index (χ0) is 19.1. The maximum Gasteiger partial charge on any atom is 0.239 e. The summed E-state index contributed by atoms with van der Waals surface area (Å²) in [5, 5.41) is 9.02. The topological polar surface area (TPSA) is 84.0 Å². The molecule has 0 radical (unpaired) electrons. The average molecular weight is 401 g/mol. The first-order chi connectivity index (χ1) is 13.2. The van der Waals surface area contributed by atoms with Crippen LogP contribution in [-0.4, -0.2) is 40.6 Å². The average Bonchev–Trinajstić information content (AvgIpc) is 3.23. The molecule has 0 spiro atoms. The molecule has 0 fully saturated rings. The van der Waals surface area contributed by atoms with E-state index in [-0.39, 0.29) is 24.1 Å². The second-order valence-corrected chi connectivity index (χ2v) is 7.67. The maximum atomic E-state index is 12.1. The molecule has 0 saturated carbocycles. The number of para-hydroxylation sites is 1. The monoisotopic (exact) mass is 400 g/mol. The van der Waals surface area contributed by atoms with E-state index in [2.05, 4.69) is 20.6 Å². The molecule has 0 aliphatic rings. The molecule has 0 aliphatic heterocycles. The Bertz CT molecular complexity index is 929. The van der Waals surface area contributed by atoms with Crippen molar-refractivity contribution in [3.05, 3.63) is 41.8 Å². The Kier molecular flexibility index (Phi) is 6.78. The predicted molar refractivity (Wildman–Crippen MR) is 110 cm³/mol. The molecule has 0 saturated heterocycles. The molecule has 1 aromatic carbocycles. The van der Waals surface area contributed by atoms with E-state index < -0.39 is 0 Å². The van der Waals surface area contributed by atoms with Gasteiger partial charge in [0.05, 0.1) is 22.7 Å². The zero-order valence-electron chi connectivity index (χ0n) is 14.9. The molecular formula is C19H20N4O2S2. The quantitative estimate of drug-likeness (QED) is 0.448. The minimum Gasteiger partial charge on any atom is -0.355 e. The highest BCUT2D eigenvalue weighted by Gasteiger charge is 2.12. The van der Waals surface area contributed by atoms with Crippen molar-refractivity contribution < 1.29 is 9.59 Å². The fourth-order valence-electron chi connectivity index (χ4n) is 2.36. The number of hydrogen-bond donors (Lipinski definition) is 2. The first-order valence-electron chi connectivity index (χ1n) is 8.64. The van der Waals surface area contributed by atoms with Gasteiger partial charge < -0.3 is 10.6 Å². The van der Waals surface area contributed by atoms with Crippen molar-refractivity contribution in [2.24, 2.45) is 0 Å². The van der Waals surface area contributed by atoms with E-state index in [9.17, 15) is 9.59 Å². The highest BCUT2D eigenvalue weighted by atomic mass is 32.2. The van der Waals surface area contributed by atoms with Crippen LogP contribution < -0.4 is 10.6 Å². The minimum absolute atomic E-state index is 0.00956. The molecular weight excluding hydrogens is 380 g/mol. The molecule has 6 nitrogen and oxygen atoms in total. The van der Waals surface area contributed by atoms with Gasteiger partial charge in [0.1, 0.15) is 5.03 Å². The van der Waals surface area contributed by atoms with E-state index >= 15 is 0 Å². The molecule has 27 heavy (non-hydrogen) atoms. The third-order valence-electron chi connectivity index (χ3n) is 3.67. The van der Waals surface area contributed by atoms with Crippen LogP contribution in [0.25, 0.3) is 21.6 Å². The highest BCUT2D eigenvalue weighted by Crippen LogP contribution is 2.29. The van der Waals surface area contributed by atoms with Crippen LogP contribution in [-0.2, 0) is 9.59 Å². The van der Waals surface area contributed by atoms with Crippen LogP contribution in [0.2, 0.25) is 0 Å². The lowest BCUT2D eigenvalue weighted by atomic mass is 10.2. The van der Waals surface area contributed by atoms with E-state index in [1.165, 1.54) is 11.8 Å². The third kappa shape index (κ3) is 5.27. The van der Waals surface area contributed by atoms with Crippen molar-refractivity contribution in [3.63, 3.8) is 0 Å². The van der Waals surface area contributed by atoms with Crippen LogP contribution in [0.1, 0.15) is 13.3 Å². The summed E-state index contributed by atoms with van der Waals surface area (Å²) in [6.07, 6.45) is 0.864. The maximum absolute atomic E-state index is 12.1. The standard InChI is InChI=1S/C19H20N4O2S2/c1-2-9-20-16(24)11-21-17(25)12-27-19-13-6-3-4-7-14(13)22-18(23-19)15-8-5-10-26-15/h3-8,10H,2,9,11-12H2,1H3,(H,20,24)(H,21,25). The summed E-state index contributed by atoms with van der Waals surface area (Å²) in [7, 11) is 0. The Morgan fingerprint density at radius 2 is 1.93 bits per heavy atom. The van der Waals surface area contributed by atoms with Gasteiger partial charge in [-0.1, -0.05) is 43.0 Å². The van der Waals surface area contributed by atoms with Gasteiger partial charge in [0.2, 0.25) is 11.8 Å². The number of carbonyl (C=O) groups is 2. The predicted octanol–water partition coefficient (Wildman–Crippen LogP) is 3.09. The van der Waals surface area contributed by atoms with E-state index in [0.29, 0.717) is 12.4 Å². The number of thiophene rings is 1. The molecule has 140 valence electrons. The Balaban J connectivity index is 1.69. The fourth-order valence-corrected chi connectivity index (χ4v) is 3.87. The van der Waals surface area contributed by atoms with Gasteiger partial charge in [0, 0.05) is 11.9 Å². The summed E-state index contributed by atoms with van der Waals surface area (Å²) in [4.78, 5) is 33.9. The summed E-state index contributed by atoms with van der Waals surface area (Å²) >= 11 is 2.93. The van der Waals surface area contributed by atoms with Gasteiger partial charge in [-0.25, -0.2) is 9.97 Å². The smallest absolute Gasteiger partial charge is 0.239 e. The molecule has 8 heteroatoms. The van der Waals surface area contributed by atoms with E-state index in [0.717, 1.165) is 27.2 Å². The van der Waals surface area contributed by atoms with Crippen molar-refractivity contribution in [1.29, 1.82) is 0 Å². The number of carbonyl (C=O) groups excluding carboxylic acids is 2. The normalized spacial score (nSPS) is 10.7. The lowest BCUT2D eigenvalue weighted by Crippen LogP contribution is -2.37. The van der Waals surface area contributed by atoms with E-state index in [4.69, 9.17) is 0 Å². The van der Waals surface area contributed by atoms with E-state index in [1.54, 1.807) is 11.3 Å². The van der Waals surface area contributed by atoms with Crippen molar-refractivity contribution in [2.75, 3.05) is 18.8 Å². The second kappa shape index (κ2) is 9.48. The largest absolute Gasteiger partial charge is 0.355 e. The van der Waals surface area contributed by atoms with E-state index in [1.807, 2.05) is 48.7 Å². The number of benzene rings is 1. The van der Waals surface area contributed by atoms with Crippen LogP contribution >= 0.6 is 23.1 Å². The SMILES string of the molecule is CCCNC(=O)CNC(=O)CSc1nc(-c2cccs2)nc2ccccc12. The van der Waals surface area contributed by atoms with Gasteiger partial charge in [0.15, 0.2) is 5.82 Å². The van der Waals surface area contributed by atoms with Crippen molar-refractivity contribution in [3.8, 4) is 10.7 Å². The molecule has 3 aromatic rings. The molecule has 3 rings (SSSR count). The molecule has 0 unspecified atom stereocenters. The molecule has 2 amide bonds. The number of nitrogens with zero attached hydrogens (tertiary/aromatic N) is 2. The minimum atomic E-state index is -0.202. The molecule has 0 aliphatic carbocycles. The Morgan fingerprint density at radius 1 is 1.07 bits per heavy atom. The summed E-state index contributed by atoms with van der Waals surface area (Å²) in [5.41, 5.74) is 0.845. The number of fused-ring (bicyclic) bond motifs is 1. The third-order valence-corrected chi connectivity index (χ3v) is 5.53. The van der Waals surface area contributed by atoms with Crippen LogP contribution in [0.3, 0.4) is 0 Å². The van der Waals surface area contributed by atoms with Gasteiger partial charge in [-0.2, -0.15) is 0 Å². The number of rotatable bonds is 8. The number of nitrogens with one attached hydrogen (secondary N) is 2. The Morgan fingerprint density at radius 3 is 2.70 bits per heavy atom. The number of thioether (sulfide) groups is 1. The molecule has 2 N–H and O–H groups in total. The van der Waals surface area contributed by atoms with Gasteiger partial charge in [0.25, 0.3) is 0 Å². The first-order valence-corrected chi connectivity index (χ1v) is 10.5. The summed E-state index contributed by atoms with van der Waals surface area (Å²) < 4.78 is 0. The van der Waals surface area contributed by atoms with Crippen LogP contribution in [0.15, 0.2) is 46.8 Å². The van der Waals surface area contributed by atoms with Crippen molar-refractivity contribution in [2.45, 2.75) is 18.4 Å². The lowest BCUT2D eigenvalue weighted by Gasteiger charge is -2.08. The number of amides is 2. The molecule has 2 heterocycles. The van der Waals surface area contributed by atoms with Gasteiger partial charge in [-0.05, 0) is 23.9 Å². The van der Waals surface area contributed by atoms with Gasteiger partial charge >= 0.3 is 0 Å². The number of hydrogen-bond acceptors (Lipinski definition) is 6. The summed E-state index contributed by atoms with van der Waals surface area (Å²) in [5.74, 6) is 0.464.